The van der Waals surface area contributed by atoms with Crippen LogP contribution in [0.5, 0.6) is 0 Å². The van der Waals surface area contributed by atoms with Gasteiger partial charge in [-0.3, -0.25) is 19.3 Å². The number of anilines is 1. The van der Waals surface area contributed by atoms with E-state index in [9.17, 15) is 14.4 Å². The van der Waals surface area contributed by atoms with Crippen LogP contribution in [0.1, 0.15) is 52.0 Å². The number of pyridine rings is 1. The summed E-state index contributed by atoms with van der Waals surface area (Å²) >= 11 is 3.32. The van der Waals surface area contributed by atoms with E-state index in [-0.39, 0.29) is 30.7 Å². The fourth-order valence-corrected chi connectivity index (χ4v) is 4.17. The second kappa shape index (κ2) is 8.95. The maximum Gasteiger partial charge on any atom is 0.261 e. The number of nitrogens with one attached hydrogen (secondary N) is 1. The first-order chi connectivity index (χ1) is 14.5. The van der Waals surface area contributed by atoms with Crippen molar-refractivity contribution in [2.75, 3.05) is 24.5 Å². The van der Waals surface area contributed by atoms with Crippen LogP contribution < -0.4 is 10.2 Å². The summed E-state index contributed by atoms with van der Waals surface area (Å²) < 4.78 is 0.756. The highest BCUT2D eigenvalue weighted by Crippen LogP contribution is 2.26. The van der Waals surface area contributed by atoms with Gasteiger partial charge in [0.2, 0.25) is 5.91 Å². The molecule has 2 aliphatic rings. The molecule has 156 valence electrons. The van der Waals surface area contributed by atoms with E-state index in [1.54, 1.807) is 24.4 Å². The van der Waals surface area contributed by atoms with Crippen molar-refractivity contribution in [3.8, 4) is 0 Å². The van der Waals surface area contributed by atoms with Crippen molar-refractivity contribution in [3.05, 3.63) is 57.7 Å². The molecule has 0 aliphatic carbocycles. The first-order valence-corrected chi connectivity index (χ1v) is 10.9. The molecule has 0 saturated carbocycles. The van der Waals surface area contributed by atoms with E-state index in [2.05, 4.69) is 31.1 Å². The van der Waals surface area contributed by atoms with Crippen molar-refractivity contribution in [1.29, 1.82) is 0 Å². The number of imide groups is 1. The summed E-state index contributed by atoms with van der Waals surface area (Å²) in [4.78, 5) is 45.0. The number of hydrogen-bond donors (Lipinski definition) is 1. The minimum atomic E-state index is -0.305. The number of rotatable bonds is 7. The minimum absolute atomic E-state index is 0.113. The number of carbonyl (C=O) groups is 3. The predicted molar refractivity (Wildman–Crippen MR) is 116 cm³/mol. The van der Waals surface area contributed by atoms with Gasteiger partial charge in [-0.25, -0.2) is 4.98 Å². The largest absolute Gasteiger partial charge is 0.357 e. The van der Waals surface area contributed by atoms with Crippen LogP contribution in [0.4, 0.5) is 5.82 Å². The van der Waals surface area contributed by atoms with Crippen molar-refractivity contribution < 1.29 is 14.4 Å². The van der Waals surface area contributed by atoms with E-state index < -0.39 is 0 Å². The van der Waals surface area contributed by atoms with Gasteiger partial charge in [0.1, 0.15) is 5.82 Å². The Morgan fingerprint density at radius 1 is 1.07 bits per heavy atom. The Labute approximate surface area is 183 Å². The standard InChI is InChI=1S/C22H23BrN4O3/c23-16-6-7-17-18(12-16)22(30)27(21(17)29)11-3-4-20(28)25-14-15-5-8-19(24-13-15)26-9-1-2-10-26/h5-8,12-13H,1-4,9-11,14H2,(H,25,28). The fraction of sp³-hybridized carbons (Fsp3) is 0.364. The first-order valence-electron chi connectivity index (χ1n) is 10.2. The van der Waals surface area contributed by atoms with Gasteiger partial charge in [0.05, 0.1) is 11.1 Å². The van der Waals surface area contributed by atoms with E-state index in [1.807, 2.05) is 12.1 Å². The van der Waals surface area contributed by atoms with Gasteiger partial charge in [0.15, 0.2) is 0 Å². The lowest BCUT2D eigenvalue weighted by Crippen LogP contribution is -2.32. The molecule has 0 radical (unpaired) electrons. The van der Waals surface area contributed by atoms with Crippen LogP contribution in [0.2, 0.25) is 0 Å². The number of hydrogen-bond acceptors (Lipinski definition) is 5. The summed E-state index contributed by atoms with van der Waals surface area (Å²) in [7, 11) is 0. The fourth-order valence-electron chi connectivity index (χ4n) is 3.81. The zero-order valence-electron chi connectivity index (χ0n) is 16.6. The van der Waals surface area contributed by atoms with Crippen molar-refractivity contribution in [1.82, 2.24) is 15.2 Å². The van der Waals surface area contributed by atoms with Crippen LogP contribution in [0.3, 0.4) is 0 Å². The summed E-state index contributed by atoms with van der Waals surface area (Å²) in [5.74, 6) is 0.265. The molecule has 0 bridgehead atoms. The summed E-state index contributed by atoms with van der Waals surface area (Å²) in [6, 6.07) is 9.03. The summed E-state index contributed by atoms with van der Waals surface area (Å²) in [5.41, 5.74) is 1.76. The average molecular weight is 471 g/mol. The summed E-state index contributed by atoms with van der Waals surface area (Å²) in [6.07, 6.45) is 4.88. The van der Waals surface area contributed by atoms with Crippen LogP contribution >= 0.6 is 15.9 Å². The van der Waals surface area contributed by atoms with Gasteiger partial charge in [-0.15, -0.1) is 0 Å². The van der Waals surface area contributed by atoms with Gasteiger partial charge in [0, 0.05) is 43.3 Å². The number of nitrogens with zero attached hydrogens (tertiary/aromatic N) is 3. The second-order valence-corrected chi connectivity index (χ2v) is 8.47. The molecule has 4 rings (SSSR count). The molecule has 1 aromatic carbocycles. The lowest BCUT2D eigenvalue weighted by molar-refractivity contribution is -0.121. The lowest BCUT2D eigenvalue weighted by atomic mass is 10.1. The van der Waals surface area contributed by atoms with Crippen molar-refractivity contribution in [2.24, 2.45) is 0 Å². The molecule has 2 aliphatic heterocycles. The molecule has 0 spiro atoms. The maximum atomic E-state index is 12.4. The number of halogens is 1. The second-order valence-electron chi connectivity index (χ2n) is 7.55. The molecular weight excluding hydrogens is 448 g/mol. The molecule has 30 heavy (non-hydrogen) atoms. The normalized spacial score (nSPS) is 15.6. The SMILES string of the molecule is O=C(CCCN1C(=O)c2ccc(Br)cc2C1=O)NCc1ccc(N2CCCC2)nc1. The Kier molecular flexibility index (Phi) is 6.13. The molecule has 0 atom stereocenters. The maximum absolute atomic E-state index is 12.4. The predicted octanol–water partition coefficient (Wildman–Crippen LogP) is 3.14. The van der Waals surface area contributed by atoms with Crippen molar-refractivity contribution >= 4 is 39.5 Å². The number of benzene rings is 1. The van der Waals surface area contributed by atoms with Gasteiger partial charge < -0.3 is 10.2 Å². The smallest absolute Gasteiger partial charge is 0.261 e. The Balaban J connectivity index is 1.22. The zero-order chi connectivity index (χ0) is 21.1. The van der Waals surface area contributed by atoms with Gasteiger partial charge in [0.25, 0.3) is 11.8 Å². The highest BCUT2D eigenvalue weighted by molar-refractivity contribution is 9.10. The van der Waals surface area contributed by atoms with E-state index in [0.717, 1.165) is 28.9 Å². The molecule has 1 saturated heterocycles. The molecule has 7 nitrogen and oxygen atoms in total. The molecular formula is C22H23BrN4O3. The molecule has 3 amide bonds. The minimum Gasteiger partial charge on any atom is -0.357 e. The number of fused-ring (bicyclic) bond motifs is 1. The van der Waals surface area contributed by atoms with Gasteiger partial charge >= 0.3 is 0 Å². The number of carbonyl (C=O) groups excluding carboxylic acids is 3. The zero-order valence-corrected chi connectivity index (χ0v) is 18.2. The third-order valence-electron chi connectivity index (χ3n) is 5.45. The van der Waals surface area contributed by atoms with Crippen LogP contribution in [-0.4, -0.2) is 47.2 Å². The number of amides is 3. The first kappa shape index (κ1) is 20.5. The van der Waals surface area contributed by atoms with E-state index >= 15 is 0 Å². The topological polar surface area (TPSA) is 82.6 Å². The van der Waals surface area contributed by atoms with E-state index in [1.165, 1.54) is 17.7 Å². The van der Waals surface area contributed by atoms with Crippen molar-refractivity contribution in [3.63, 3.8) is 0 Å². The Bertz CT molecular complexity index is 971. The lowest BCUT2D eigenvalue weighted by Gasteiger charge is -2.16. The molecule has 2 aromatic rings. The Hall–Kier alpha value is -2.74. The number of aromatic nitrogens is 1. The van der Waals surface area contributed by atoms with Gasteiger partial charge in [-0.05, 0) is 49.1 Å². The van der Waals surface area contributed by atoms with E-state index in [0.29, 0.717) is 24.1 Å². The third kappa shape index (κ3) is 4.38. The summed E-state index contributed by atoms with van der Waals surface area (Å²) in [5, 5.41) is 2.87. The average Bonchev–Trinajstić information content (AvgIpc) is 3.36. The van der Waals surface area contributed by atoms with E-state index in [4.69, 9.17) is 0 Å². The van der Waals surface area contributed by atoms with Gasteiger partial charge in [-0.2, -0.15) is 0 Å². The van der Waals surface area contributed by atoms with Crippen LogP contribution in [-0.2, 0) is 11.3 Å². The molecule has 1 fully saturated rings. The molecule has 3 heterocycles. The van der Waals surface area contributed by atoms with Crippen molar-refractivity contribution in [2.45, 2.75) is 32.2 Å². The quantitative estimate of drug-likeness (QED) is 0.628. The van der Waals surface area contributed by atoms with Crippen LogP contribution in [0.25, 0.3) is 0 Å². The monoisotopic (exact) mass is 470 g/mol. The molecule has 1 N–H and O–H groups in total. The molecule has 8 heteroatoms. The highest BCUT2D eigenvalue weighted by Gasteiger charge is 2.35. The highest BCUT2D eigenvalue weighted by atomic mass is 79.9. The van der Waals surface area contributed by atoms with Crippen LogP contribution in [0.15, 0.2) is 41.0 Å². The molecule has 0 unspecified atom stereocenters. The van der Waals surface area contributed by atoms with Gasteiger partial charge in [-0.1, -0.05) is 22.0 Å². The van der Waals surface area contributed by atoms with Crippen LogP contribution in [0, 0.1) is 0 Å². The summed E-state index contributed by atoms with van der Waals surface area (Å²) in [6.45, 7) is 2.73. The Morgan fingerprint density at radius 3 is 2.57 bits per heavy atom. The third-order valence-corrected chi connectivity index (χ3v) is 5.94. The molecule has 1 aromatic heterocycles. The Morgan fingerprint density at radius 2 is 1.83 bits per heavy atom.